The van der Waals surface area contributed by atoms with Crippen molar-refractivity contribution >= 4 is 22.6 Å². The van der Waals surface area contributed by atoms with E-state index in [-0.39, 0.29) is 0 Å². The minimum absolute atomic E-state index is 0.597. The molecule has 5 atom stereocenters. The number of pyridine rings is 1. The first-order valence-corrected chi connectivity index (χ1v) is 13.7. The number of rotatable bonds is 4. The third-order valence-corrected chi connectivity index (χ3v) is 10.3. The molecule has 0 radical (unpaired) electrons. The van der Waals surface area contributed by atoms with Gasteiger partial charge in [0.1, 0.15) is 0 Å². The van der Waals surface area contributed by atoms with Gasteiger partial charge in [0.25, 0.3) is 0 Å². The van der Waals surface area contributed by atoms with Gasteiger partial charge < -0.3 is 5.32 Å². The number of nitrogens with one attached hydrogen (secondary N) is 1. The summed E-state index contributed by atoms with van der Waals surface area (Å²) in [6.07, 6.45) is 11.3. The first kappa shape index (κ1) is 17.4. The predicted molar refractivity (Wildman–Crippen MR) is 96.7 cm³/mol. The molecule has 0 amide bonds. The quantitative estimate of drug-likeness (QED) is 0.471. The van der Waals surface area contributed by atoms with Crippen molar-refractivity contribution in [3.05, 3.63) is 30.1 Å². The maximum Gasteiger partial charge on any atom is 0.0312 e. The van der Waals surface area contributed by atoms with Crippen LogP contribution in [0.1, 0.15) is 37.7 Å². The number of alkyl halides is 3. The summed E-state index contributed by atoms with van der Waals surface area (Å²) in [7, 11) is 0. The van der Waals surface area contributed by atoms with Crippen LogP contribution < -0.4 is 26.5 Å². The van der Waals surface area contributed by atoms with Gasteiger partial charge in [-0.3, -0.25) is 4.98 Å². The van der Waals surface area contributed by atoms with Gasteiger partial charge >= 0.3 is 51.2 Å². The van der Waals surface area contributed by atoms with E-state index in [1.165, 1.54) is 40.1 Å². The second kappa shape index (κ2) is 8.60. The number of hydrogen-bond donors (Lipinski definition) is 1. The van der Waals surface area contributed by atoms with E-state index in [2.05, 4.69) is 43.9 Å². The molecule has 0 aliphatic heterocycles. The van der Waals surface area contributed by atoms with E-state index >= 15 is 0 Å². The number of aromatic nitrogens is 1. The fourth-order valence-corrected chi connectivity index (χ4v) is 5.05. The molecule has 4 rings (SSSR count). The van der Waals surface area contributed by atoms with Gasteiger partial charge in [-0.2, -0.15) is 0 Å². The van der Waals surface area contributed by atoms with Crippen LogP contribution in [0.5, 0.6) is 0 Å². The van der Waals surface area contributed by atoms with Crippen LogP contribution in [-0.4, -0.2) is 18.4 Å². The molecule has 0 unspecified atom stereocenters. The Hall–Kier alpha value is 0.570. The zero-order valence-electron chi connectivity index (χ0n) is 13.3. The second-order valence-electron chi connectivity index (χ2n) is 6.87. The van der Waals surface area contributed by atoms with Crippen LogP contribution in [0.2, 0.25) is 0 Å². The Morgan fingerprint density at radius 1 is 1.27 bits per heavy atom. The summed E-state index contributed by atoms with van der Waals surface area (Å²) in [5.74, 6) is 4.20. The molecule has 3 aliphatic rings. The van der Waals surface area contributed by atoms with E-state index in [1.807, 2.05) is 18.5 Å². The standard InChI is InChI=1S/C16H22N2.C2H5I2/c1-4-13-12-7-15(14(13)5-1)16(8-12)18-10-11-3-2-6-17-9-11;1-4-2-3/h2-3,6,9,12-16,18H,1,4-5,7-8,10H2;2H2,1H3/q;-1/t12-,13-,14-,15-,16+;/m0./s1. The maximum atomic E-state index is 4.19. The third-order valence-electron chi connectivity index (χ3n) is 5.82. The molecule has 3 saturated carbocycles. The Bertz CT molecular complexity index is 452. The normalized spacial score (nSPS) is 35.3. The summed E-state index contributed by atoms with van der Waals surface area (Å²) in [4.78, 5) is 6.47. The summed E-state index contributed by atoms with van der Waals surface area (Å²) in [6, 6.07) is 4.99. The predicted octanol–water partition coefficient (Wildman–Crippen LogP) is 1.09. The molecule has 0 saturated heterocycles. The first-order chi connectivity index (χ1) is 10.8. The van der Waals surface area contributed by atoms with Gasteiger partial charge in [-0.25, -0.2) is 0 Å². The van der Waals surface area contributed by atoms with Crippen molar-refractivity contribution in [1.29, 1.82) is 0 Å². The summed E-state index contributed by atoms with van der Waals surface area (Å²) in [6.45, 7) is 0.999. The van der Waals surface area contributed by atoms with Crippen molar-refractivity contribution in [1.82, 2.24) is 10.3 Å². The maximum absolute atomic E-state index is 4.19. The van der Waals surface area contributed by atoms with E-state index in [1.54, 1.807) is 0 Å². The van der Waals surface area contributed by atoms with Crippen molar-refractivity contribution in [2.45, 2.75) is 44.7 Å². The molecule has 4 heteroatoms. The molecule has 3 fully saturated rings. The van der Waals surface area contributed by atoms with Crippen molar-refractivity contribution in [3.63, 3.8) is 0 Å². The number of hydrogen-bond acceptors (Lipinski definition) is 2. The van der Waals surface area contributed by atoms with Crippen LogP contribution in [0, 0.1) is 23.7 Å². The van der Waals surface area contributed by atoms with Crippen LogP contribution in [-0.2, 0) is 6.54 Å². The minimum atomic E-state index is 0.597. The molecule has 1 heterocycles. The number of nitrogens with zero attached hydrogens (tertiary/aromatic N) is 1. The van der Waals surface area contributed by atoms with Crippen LogP contribution in [0.4, 0.5) is 0 Å². The molecule has 124 valence electrons. The molecule has 2 nitrogen and oxygen atoms in total. The van der Waals surface area contributed by atoms with E-state index in [0.29, 0.717) is 21.2 Å². The summed E-state index contributed by atoms with van der Waals surface area (Å²) >= 11 is 3.00. The molecule has 2 bridgehead atoms. The molecule has 1 N–H and O–H groups in total. The molecule has 0 spiro atoms. The molecule has 1 aromatic rings. The number of fused-ring (bicyclic) bond motifs is 5. The average molecular weight is 525 g/mol. The summed E-state index contributed by atoms with van der Waals surface area (Å²) < 4.78 is 1.40. The Morgan fingerprint density at radius 2 is 2.09 bits per heavy atom. The Morgan fingerprint density at radius 3 is 2.82 bits per heavy atom. The van der Waals surface area contributed by atoms with Crippen LogP contribution >= 0.6 is 22.6 Å². The van der Waals surface area contributed by atoms with E-state index in [0.717, 1.165) is 36.3 Å². The molecule has 1 aromatic heterocycles. The molecule has 22 heavy (non-hydrogen) atoms. The van der Waals surface area contributed by atoms with Crippen molar-refractivity contribution in [3.8, 4) is 0 Å². The second-order valence-corrected chi connectivity index (χ2v) is 12.8. The monoisotopic (exact) mass is 525 g/mol. The van der Waals surface area contributed by atoms with Crippen molar-refractivity contribution < 1.29 is 21.2 Å². The smallest absolute Gasteiger partial charge is 0.0312 e. The largest absolute Gasteiger partial charge is 0.310 e. The summed E-state index contributed by atoms with van der Waals surface area (Å²) in [5.41, 5.74) is 1.32. The summed E-state index contributed by atoms with van der Waals surface area (Å²) in [5, 5.41) is 3.80. The van der Waals surface area contributed by atoms with Gasteiger partial charge in [0.05, 0.1) is 0 Å². The first-order valence-electron chi connectivity index (χ1n) is 8.45. The zero-order valence-corrected chi connectivity index (χ0v) is 17.7. The topological polar surface area (TPSA) is 24.9 Å². The van der Waals surface area contributed by atoms with Gasteiger partial charge in [-0.15, -0.1) is 0 Å². The van der Waals surface area contributed by atoms with Gasteiger partial charge in [-0.05, 0) is 61.0 Å². The van der Waals surface area contributed by atoms with Crippen LogP contribution in [0.15, 0.2) is 24.5 Å². The minimum Gasteiger partial charge on any atom is -0.310 e. The fraction of sp³-hybridized carbons (Fsp3) is 0.722. The van der Waals surface area contributed by atoms with Crippen LogP contribution in [0.3, 0.4) is 0 Å². The van der Waals surface area contributed by atoms with E-state index < -0.39 is 0 Å². The Kier molecular flexibility index (Phi) is 6.80. The van der Waals surface area contributed by atoms with Gasteiger partial charge in [0.2, 0.25) is 0 Å². The molecular formula is C18H27I2N2-. The van der Waals surface area contributed by atoms with Crippen molar-refractivity contribution in [2.24, 2.45) is 23.7 Å². The Balaban J connectivity index is 0.000000325. The van der Waals surface area contributed by atoms with Gasteiger partial charge in [-0.1, -0.05) is 12.5 Å². The number of halogens is 2. The van der Waals surface area contributed by atoms with E-state index in [4.69, 9.17) is 0 Å². The average Bonchev–Trinajstić information content (AvgIpc) is 3.26. The fourth-order valence-electron chi connectivity index (χ4n) is 5.05. The van der Waals surface area contributed by atoms with Crippen molar-refractivity contribution in [2.75, 3.05) is 7.36 Å². The SMILES string of the molecule is C[I-]CI.c1cncc(CN[C@@H]2C[C@@H]3C[C@H]2[C@H]2CCC[C@@H]32)c1. The Labute approximate surface area is 159 Å². The molecule has 0 aromatic carbocycles. The molecule has 3 aliphatic carbocycles. The zero-order chi connectivity index (χ0) is 15.4. The van der Waals surface area contributed by atoms with Gasteiger partial charge in [0.15, 0.2) is 0 Å². The van der Waals surface area contributed by atoms with Crippen LogP contribution in [0.25, 0.3) is 0 Å². The van der Waals surface area contributed by atoms with E-state index in [9.17, 15) is 0 Å². The molecular weight excluding hydrogens is 498 g/mol. The van der Waals surface area contributed by atoms with Gasteiger partial charge in [0, 0.05) is 25.0 Å². The third kappa shape index (κ3) is 3.97.